The molecule has 0 aromatic heterocycles. The van der Waals surface area contributed by atoms with Crippen LogP contribution in [0.15, 0.2) is 72.8 Å². The Hall–Kier alpha value is -2.92. The molecule has 0 fully saturated rings. The Morgan fingerprint density at radius 1 is 0.963 bits per heavy atom. The highest BCUT2D eigenvalue weighted by Crippen LogP contribution is 2.29. The number of benzene rings is 3. The fraction of sp³-hybridized carbons (Fsp3) is 0.0952. The van der Waals surface area contributed by atoms with Gasteiger partial charge in [0.2, 0.25) is 5.91 Å². The molecule has 3 aromatic rings. The van der Waals surface area contributed by atoms with E-state index in [1.54, 1.807) is 0 Å². The van der Waals surface area contributed by atoms with Crippen LogP contribution in [0.5, 0.6) is 5.75 Å². The quantitative estimate of drug-likeness (QED) is 0.581. The van der Waals surface area contributed by atoms with Gasteiger partial charge in [0, 0.05) is 5.69 Å². The van der Waals surface area contributed by atoms with Crippen LogP contribution >= 0.6 is 11.6 Å². The number of hydrogen-bond donors (Lipinski definition) is 1. The standard InChI is InChI=1S/C21H16ClF2NO2/c22-18-13-17(10-11-19(18)27-21(23)24)25-20(26)12-14-6-8-16(9-7-14)15-4-2-1-3-5-15/h1-11,13,21H,12H2,(H,25,26). The molecule has 0 aliphatic rings. The number of carbonyl (C=O) groups is 1. The summed E-state index contributed by atoms with van der Waals surface area (Å²) in [5, 5.41) is 2.69. The second-order valence-electron chi connectivity index (χ2n) is 5.81. The molecule has 0 saturated carbocycles. The van der Waals surface area contributed by atoms with Crippen molar-refractivity contribution in [3.63, 3.8) is 0 Å². The molecule has 0 heterocycles. The van der Waals surface area contributed by atoms with E-state index in [0.29, 0.717) is 5.69 Å². The molecule has 0 unspecified atom stereocenters. The Morgan fingerprint density at radius 3 is 2.26 bits per heavy atom. The zero-order valence-corrected chi connectivity index (χ0v) is 14.9. The van der Waals surface area contributed by atoms with Gasteiger partial charge >= 0.3 is 6.61 Å². The summed E-state index contributed by atoms with van der Waals surface area (Å²) in [6.07, 6.45) is 0.183. The summed E-state index contributed by atoms with van der Waals surface area (Å²) >= 11 is 5.88. The minimum Gasteiger partial charge on any atom is -0.433 e. The minimum atomic E-state index is -2.96. The summed E-state index contributed by atoms with van der Waals surface area (Å²) < 4.78 is 28.7. The predicted octanol–water partition coefficient (Wildman–Crippen LogP) is 5.79. The zero-order chi connectivity index (χ0) is 19.2. The van der Waals surface area contributed by atoms with E-state index < -0.39 is 6.61 Å². The van der Waals surface area contributed by atoms with E-state index in [9.17, 15) is 13.6 Å². The largest absolute Gasteiger partial charge is 0.433 e. The molecular formula is C21H16ClF2NO2. The van der Waals surface area contributed by atoms with Crippen molar-refractivity contribution in [1.82, 2.24) is 0 Å². The van der Waals surface area contributed by atoms with Crippen LogP contribution in [0.4, 0.5) is 14.5 Å². The lowest BCUT2D eigenvalue weighted by atomic mass is 10.0. The number of carbonyl (C=O) groups excluding carboxylic acids is 1. The van der Waals surface area contributed by atoms with Gasteiger partial charge in [0.25, 0.3) is 0 Å². The van der Waals surface area contributed by atoms with Gasteiger partial charge in [-0.15, -0.1) is 0 Å². The van der Waals surface area contributed by atoms with Crippen LogP contribution in [0, 0.1) is 0 Å². The summed E-state index contributed by atoms with van der Waals surface area (Å²) in [6.45, 7) is -2.96. The minimum absolute atomic E-state index is 0.000291. The van der Waals surface area contributed by atoms with Crippen LogP contribution in [0.2, 0.25) is 5.02 Å². The Labute approximate surface area is 160 Å². The number of nitrogens with one attached hydrogen (secondary N) is 1. The van der Waals surface area contributed by atoms with Gasteiger partial charge in [-0.3, -0.25) is 4.79 Å². The van der Waals surface area contributed by atoms with Crippen LogP contribution in [0.25, 0.3) is 11.1 Å². The van der Waals surface area contributed by atoms with Gasteiger partial charge < -0.3 is 10.1 Å². The zero-order valence-electron chi connectivity index (χ0n) is 14.2. The number of halogens is 3. The monoisotopic (exact) mass is 387 g/mol. The SMILES string of the molecule is O=C(Cc1ccc(-c2ccccc2)cc1)Nc1ccc(OC(F)F)c(Cl)c1. The second kappa shape index (κ2) is 8.64. The normalized spacial score (nSPS) is 10.7. The van der Waals surface area contributed by atoms with Gasteiger partial charge in [0.1, 0.15) is 5.75 Å². The third-order valence-electron chi connectivity index (χ3n) is 3.86. The second-order valence-corrected chi connectivity index (χ2v) is 6.22. The van der Waals surface area contributed by atoms with E-state index in [1.165, 1.54) is 18.2 Å². The fourth-order valence-electron chi connectivity index (χ4n) is 2.61. The molecule has 0 radical (unpaired) electrons. The molecular weight excluding hydrogens is 372 g/mol. The van der Waals surface area contributed by atoms with Crippen molar-refractivity contribution in [3.8, 4) is 16.9 Å². The molecule has 0 aliphatic carbocycles. The fourth-order valence-corrected chi connectivity index (χ4v) is 2.83. The first kappa shape index (κ1) is 18.9. The predicted molar refractivity (Wildman–Crippen MR) is 102 cm³/mol. The number of rotatable bonds is 6. The van der Waals surface area contributed by atoms with Gasteiger partial charge in [-0.2, -0.15) is 8.78 Å². The Morgan fingerprint density at radius 2 is 1.63 bits per heavy atom. The number of anilines is 1. The topological polar surface area (TPSA) is 38.3 Å². The van der Waals surface area contributed by atoms with Crippen molar-refractivity contribution in [3.05, 3.63) is 83.4 Å². The lowest BCUT2D eigenvalue weighted by molar-refractivity contribution is -0.115. The highest BCUT2D eigenvalue weighted by Gasteiger charge is 2.11. The van der Waals surface area contributed by atoms with Crippen LogP contribution in [-0.2, 0) is 11.2 Å². The molecule has 3 aromatic carbocycles. The lowest BCUT2D eigenvalue weighted by Gasteiger charge is -2.10. The Kier molecular flexibility index (Phi) is 6.04. The van der Waals surface area contributed by atoms with Crippen molar-refractivity contribution in [2.45, 2.75) is 13.0 Å². The van der Waals surface area contributed by atoms with Crippen LogP contribution in [-0.4, -0.2) is 12.5 Å². The van der Waals surface area contributed by atoms with E-state index in [2.05, 4.69) is 10.1 Å². The Bertz CT molecular complexity index is 915. The average molecular weight is 388 g/mol. The van der Waals surface area contributed by atoms with E-state index in [4.69, 9.17) is 11.6 Å². The number of alkyl halides is 2. The van der Waals surface area contributed by atoms with Crippen LogP contribution < -0.4 is 10.1 Å². The molecule has 6 heteroatoms. The number of hydrogen-bond acceptors (Lipinski definition) is 2. The molecule has 0 aliphatic heterocycles. The summed E-state index contributed by atoms with van der Waals surface area (Å²) in [5.74, 6) is -0.373. The van der Waals surface area contributed by atoms with Crippen LogP contribution in [0.1, 0.15) is 5.56 Å². The van der Waals surface area contributed by atoms with E-state index in [1.807, 2.05) is 54.6 Å². The molecule has 0 bridgehead atoms. The van der Waals surface area contributed by atoms with Gasteiger partial charge in [-0.05, 0) is 34.9 Å². The summed E-state index contributed by atoms with van der Waals surface area (Å²) in [4.78, 5) is 12.2. The van der Waals surface area contributed by atoms with E-state index in [0.717, 1.165) is 16.7 Å². The smallest absolute Gasteiger partial charge is 0.387 e. The Balaban J connectivity index is 1.61. The van der Waals surface area contributed by atoms with Crippen molar-refractivity contribution in [1.29, 1.82) is 0 Å². The highest BCUT2D eigenvalue weighted by atomic mass is 35.5. The summed E-state index contributed by atoms with van der Waals surface area (Å²) in [5.41, 5.74) is 3.44. The molecule has 0 spiro atoms. The maximum atomic E-state index is 12.2. The van der Waals surface area contributed by atoms with Crippen molar-refractivity contribution in [2.75, 3.05) is 5.32 Å². The molecule has 3 nitrogen and oxygen atoms in total. The molecule has 0 saturated heterocycles. The van der Waals surface area contributed by atoms with E-state index in [-0.39, 0.29) is 23.1 Å². The van der Waals surface area contributed by atoms with E-state index >= 15 is 0 Å². The third-order valence-corrected chi connectivity index (χ3v) is 4.15. The maximum Gasteiger partial charge on any atom is 0.387 e. The first-order chi connectivity index (χ1) is 13.0. The van der Waals surface area contributed by atoms with Gasteiger partial charge in [0.15, 0.2) is 0 Å². The summed E-state index contributed by atoms with van der Waals surface area (Å²) in [6, 6.07) is 21.8. The van der Waals surface area contributed by atoms with Crippen LogP contribution in [0.3, 0.4) is 0 Å². The molecule has 1 N–H and O–H groups in total. The average Bonchev–Trinajstić information content (AvgIpc) is 2.65. The van der Waals surface area contributed by atoms with Crippen molar-refractivity contribution < 1.29 is 18.3 Å². The first-order valence-electron chi connectivity index (χ1n) is 8.20. The molecule has 1 amide bonds. The van der Waals surface area contributed by atoms with Crippen molar-refractivity contribution >= 4 is 23.2 Å². The number of amides is 1. The molecule has 0 atom stereocenters. The number of ether oxygens (including phenoxy) is 1. The van der Waals surface area contributed by atoms with Gasteiger partial charge in [0.05, 0.1) is 11.4 Å². The van der Waals surface area contributed by atoms with Gasteiger partial charge in [-0.1, -0.05) is 66.2 Å². The summed E-state index contributed by atoms with van der Waals surface area (Å²) in [7, 11) is 0. The molecule has 138 valence electrons. The first-order valence-corrected chi connectivity index (χ1v) is 8.57. The maximum absolute atomic E-state index is 12.2. The highest BCUT2D eigenvalue weighted by molar-refractivity contribution is 6.32. The van der Waals surface area contributed by atoms with Crippen molar-refractivity contribution in [2.24, 2.45) is 0 Å². The molecule has 3 rings (SSSR count). The third kappa shape index (κ3) is 5.28. The van der Waals surface area contributed by atoms with Gasteiger partial charge in [-0.25, -0.2) is 0 Å². The lowest BCUT2D eigenvalue weighted by Crippen LogP contribution is -2.14. The molecule has 27 heavy (non-hydrogen) atoms.